The zero-order valence-corrected chi connectivity index (χ0v) is 9.64. The molecule has 0 unspecified atom stereocenters. The molecular formula is C11H12N2O2S. The topological polar surface area (TPSA) is 68.1 Å². The van der Waals surface area contributed by atoms with Gasteiger partial charge in [-0.15, -0.1) is 11.3 Å². The van der Waals surface area contributed by atoms with Gasteiger partial charge in [-0.3, -0.25) is 0 Å². The molecule has 4 nitrogen and oxygen atoms in total. The fourth-order valence-corrected chi connectivity index (χ4v) is 2.11. The molecule has 2 aromatic heterocycles. The van der Waals surface area contributed by atoms with Gasteiger partial charge in [0.15, 0.2) is 0 Å². The summed E-state index contributed by atoms with van der Waals surface area (Å²) in [6.45, 7) is 2.11. The molecule has 2 rings (SSSR count). The molecule has 2 aromatic rings. The van der Waals surface area contributed by atoms with Gasteiger partial charge in [0.2, 0.25) is 0 Å². The molecule has 0 atom stereocenters. The molecule has 0 saturated heterocycles. The molecule has 0 aromatic carbocycles. The molecule has 3 N–H and O–H groups in total. The van der Waals surface area contributed by atoms with Crippen LogP contribution in [0.1, 0.15) is 17.3 Å². The third-order valence-corrected chi connectivity index (χ3v) is 3.03. The number of H-pyrrole nitrogens is 1. The molecule has 84 valence electrons. The van der Waals surface area contributed by atoms with Gasteiger partial charge >= 0.3 is 5.97 Å². The molecule has 0 amide bonds. The van der Waals surface area contributed by atoms with Crippen molar-refractivity contribution in [1.29, 1.82) is 0 Å². The van der Waals surface area contributed by atoms with E-state index in [1.54, 1.807) is 24.3 Å². The number of nitrogens with two attached hydrogens (primary N) is 1. The van der Waals surface area contributed by atoms with Crippen LogP contribution in [0.3, 0.4) is 0 Å². The zero-order chi connectivity index (χ0) is 11.5. The number of anilines is 1. The number of aromatic amines is 1. The number of esters is 1. The van der Waals surface area contributed by atoms with Crippen molar-refractivity contribution in [2.45, 2.75) is 6.92 Å². The minimum atomic E-state index is -0.390. The Labute approximate surface area is 97.0 Å². The molecular weight excluding hydrogens is 224 g/mol. The summed E-state index contributed by atoms with van der Waals surface area (Å²) in [5.41, 5.74) is 6.96. The molecule has 0 aliphatic carbocycles. The van der Waals surface area contributed by atoms with Crippen LogP contribution in [-0.4, -0.2) is 17.6 Å². The molecule has 5 heteroatoms. The van der Waals surface area contributed by atoms with Crippen LogP contribution < -0.4 is 5.73 Å². The highest BCUT2D eigenvalue weighted by molar-refractivity contribution is 7.13. The van der Waals surface area contributed by atoms with Gasteiger partial charge in [0.05, 0.1) is 17.2 Å². The number of nitrogen functional groups attached to an aromatic ring is 1. The van der Waals surface area contributed by atoms with Gasteiger partial charge in [0.25, 0.3) is 0 Å². The first kappa shape index (κ1) is 10.8. The van der Waals surface area contributed by atoms with Crippen molar-refractivity contribution in [3.8, 4) is 10.6 Å². The maximum Gasteiger partial charge on any atom is 0.341 e. The van der Waals surface area contributed by atoms with Gasteiger partial charge in [-0.1, -0.05) is 6.07 Å². The number of rotatable bonds is 3. The number of hydrogen-bond acceptors (Lipinski definition) is 4. The molecule has 0 aliphatic rings. The summed E-state index contributed by atoms with van der Waals surface area (Å²) in [5.74, 6) is -0.0408. The van der Waals surface area contributed by atoms with Crippen molar-refractivity contribution in [2.24, 2.45) is 0 Å². The summed E-state index contributed by atoms with van der Waals surface area (Å²) < 4.78 is 4.90. The first-order valence-corrected chi connectivity index (χ1v) is 5.79. The van der Waals surface area contributed by atoms with Crippen molar-refractivity contribution in [2.75, 3.05) is 12.3 Å². The number of nitrogens with one attached hydrogen (secondary N) is 1. The lowest BCUT2D eigenvalue weighted by Gasteiger charge is -1.98. The summed E-state index contributed by atoms with van der Waals surface area (Å²) in [6, 6.07) is 5.63. The van der Waals surface area contributed by atoms with Gasteiger partial charge < -0.3 is 15.5 Å². The number of carbonyl (C=O) groups excluding carboxylic acids is 1. The monoisotopic (exact) mass is 236 g/mol. The summed E-state index contributed by atoms with van der Waals surface area (Å²) in [7, 11) is 0. The van der Waals surface area contributed by atoms with Crippen LogP contribution in [0.4, 0.5) is 5.82 Å². The highest BCUT2D eigenvalue weighted by Gasteiger charge is 2.15. The molecule has 0 saturated carbocycles. The third kappa shape index (κ3) is 1.94. The zero-order valence-electron chi connectivity index (χ0n) is 8.82. The van der Waals surface area contributed by atoms with Crippen LogP contribution in [0.15, 0.2) is 23.6 Å². The normalized spacial score (nSPS) is 10.3. The Kier molecular flexibility index (Phi) is 2.96. The number of hydrogen-bond donors (Lipinski definition) is 2. The van der Waals surface area contributed by atoms with Crippen LogP contribution in [0, 0.1) is 0 Å². The SMILES string of the molecule is CCOC(=O)c1cc(-c2cccs2)[nH]c1N. The lowest BCUT2D eigenvalue weighted by molar-refractivity contribution is 0.0528. The summed E-state index contributed by atoms with van der Waals surface area (Å²) in [4.78, 5) is 15.5. The first-order valence-electron chi connectivity index (χ1n) is 4.92. The maximum atomic E-state index is 11.5. The summed E-state index contributed by atoms with van der Waals surface area (Å²) >= 11 is 1.58. The molecule has 0 aliphatic heterocycles. The van der Waals surface area contributed by atoms with E-state index in [0.29, 0.717) is 18.0 Å². The minimum absolute atomic E-state index is 0.345. The predicted molar refractivity (Wildman–Crippen MR) is 64.5 cm³/mol. The second kappa shape index (κ2) is 4.40. The number of thiophene rings is 1. The largest absolute Gasteiger partial charge is 0.462 e. The predicted octanol–water partition coefficient (Wildman–Crippen LogP) is 2.50. The number of aromatic nitrogens is 1. The fourth-order valence-electron chi connectivity index (χ4n) is 1.41. The van der Waals surface area contributed by atoms with Crippen molar-refractivity contribution in [3.05, 3.63) is 29.1 Å². The Morgan fingerprint density at radius 2 is 2.44 bits per heavy atom. The molecule has 0 spiro atoms. The first-order chi connectivity index (χ1) is 7.72. The molecule has 0 radical (unpaired) electrons. The van der Waals surface area contributed by atoms with Crippen molar-refractivity contribution in [1.82, 2.24) is 4.98 Å². The van der Waals surface area contributed by atoms with E-state index >= 15 is 0 Å². The maximum absolute atomic E-state index is 11.5. The molecule has 2 heterocycles. The Bertz CT molecular complexity index is 488. The fraction of sp³-hybridized carbons (Fsp3) is 0.182. The van der Waals surface area contributed by atoms with Crippen molar-refractivity contribution < 1.29 is 9.53 Å². The summed E-state index contributed by atoms with van der Waals surface area (Å²) in [6.07, 6.45) is 0. The Morgan fingerprint density at radius 3 is 3.06 bits per heavy atom. The summed E-state index contributed by atoms with van der Waals surface area (Å²) in [5, 5.41) is 1.97. The second-order valence-corrected chi connectivity index (χ2v) is 4.16. The van der Waals surface area contributed by atoms with E-state index < -0.39 is 0 Å². The van der Waals surface area contributed by atoms with Crippen molar-refractivity contribution >= 4 is 23.1 Å². The highest BCUT2D eigenvalue weighted by atomic mass is 32.1. The van der Waals surface area contributed by atoms with Crippen LogP contribution >= 0.6 is 11.3 Å². The highest BCUT2D eigenvalue weighted by Crippen LogP contribution is 2.27. The number of carbonyl (C=O) groups is 1. The third-order valence-electron chi connectivity index (χ3n) is 2.13. The Morgan fingerprint density at radius 1 is 1.62 bits per heavy atom. The molecule has 0 fully saturated rings. The van der Waals surface area contributed by atoms with E-state index in [0.717, 1.165) is 10.6 Å². The van der Waals surface area contributed by atoms with Gasteiger partial charge in [-0.05, 0) is 24.4 Å². The van der Waals surface area contributed by atoms with E-state index in [1.807, 2.05) is 17.5 Å². The molecule has 16 heavy (non-hydrogen) atoms. The van der Waals surface area contributed by atoms with Gasteiger partial charge in [-0.25, -0.2) is 4.79 Å². The lowest BCUT2D eigenvalue weighted by Crippen LogP contribution is -2.05. The van der Waals surface area contributed by atoms with Crippen molar-refractivity contribution in [3.63, 3.8) is 0 Å². The quantitative estimate of drug-likeness (QED) is 0.804. The van der Waals surface area contributed by atoms with Crippen LogP contribution in [0.2, 0.25) is 0 Å². The average Bonchev–Trinajstić information content (AvgIpc) is 2.86. The van der Waals surface area contributed by atoms with E-state index in [9.17, 15) is 4.79 Å². The Hall–Kier alpha value is -1.75. The van der Waals surface area contributed by atoms with Gasteiger partial charge in [0.1, 0.15) is 11.4 Å². The average molecular weight is 236 g/mol. The number of ether oxygens (including phenoxy) is 1. The van der Waals surface area contributed by atoms with E-state index in [1.165, 1.54) is 0 Å². The van der Waals surface area contributed by atoms with Crippen LogP contribution in [0.25, 0.3) is 10.6 Å². The standard InChI is InChI=1S/C11H12N2O2S/c1-2-15-11(14)7-6-8(13-10(7)12)9-4-3-5-16-9/h3-6,13H,2,12H2,1H3. The van der Waals surface area contributed by atoms with Gasteiger partial charge in [0, 0.05) is 0 Å². The van der Waals surface area contributed by atoms with Crippen LogP contribution in [-0.2, 0) is 4.74 Å². The lowest BCUT2D eigenvalue weighted by atomic mass is 10.2. The van der Waals surface area contributed by atoms with E-state index in [2.05, 4.69) is 4.98 Å². The molecule has 0 bridgehead atoms. The van der Waals surface area contributed by atoms with Gasteiger partial charge in [-0.2, -0.15) is 0 Å². The van der Waals surface area contributed by atoms with Crippen LogP contribution in [0.5, 0.6) is 0 Å². The minimum Gasteiger partial charge on any atom is -0.462 e. The van der Waals surface area contributed by atoms with E-state index in [4.69, 9.17) is 10.5 Å². The Balaban J connectivity index is 2.32. The van der Waals surface area contributed by atoms with E-state index in [-0.39, 0.29) is 5.97 Å². The second-order valence-electron chi connectivity index (χ2n) is 3.21. The smallest absolute Gasteiger partial charge is 0.341 e.